The average Bonchev–Trinajstić information content (AvgIpc) is 2.53. The smallest absolute Gasteiger partial charge is 0.312 e. The van der Waals surface area contributed by atoms with Gasteiger partial charge in [0.05, 0.1) is 5.92 Å². The molecule has 1 aliphatic heterocycles. The Morgan fingerprint density at radius 2 is 1.90 bits per heavy atom. The van der Waals surface area contributed by atoms with E-state index in [2.05, 4.69) is 10.2 Å². The number of hydrogen-bond donors (Lipinski definition) is 2. The number of rotatable bonds is 5. The van der Waals surface area contributed by atoms with Gasteiger partial charge in [-0.15, -0.1) is 0 Å². The zero-order chi connectivity index (χ0) is 15.2. The van der Waals surface area contributed by atoms with Gasteiger partial charge in [0.2, 0.25) is 5.91 Å². The van der Waals surface area contributed by atoms with Crippen LogP contribution in [0.15, 0.2) is 30.3 Å². The van der Waals surface area contributed by atoms with Gasteiger partial charge >= 0.3 is 5.97 Å². The van der Waals surface area contributed by atoms with Gasteiger partial charge in [0, 0.05) is 19.5 Å². The first-order chi connectivity index (χ1) is 10.1. The maximum Gasteiger partial charge on any atom is 0.312 e. The number of aliphatic carboxylic acids is 1. The Bertz CT molecular complexity index is 482. The summed E-state index contributed by atoms with van der Waals surface area (Å²) in [7, 11) is 1.66. The van der Waals surface area contributed by atoms with Gasteiger partial charge in [-0.3, -0.25) is 9.59 Å². The molecule has 1 unspecified atom stereocenters. The molecule has 0 saturated carbocycles. The summed E-state index contributed by atoms with van der Waals surface area (Å²) in [5, 5.41) is 12.1. The Kier molecular flexibility index (Phi) is 5.33. The number of carbonyl (C=O) groups excluding carboxylic acids is 1. The van der Waals surface area contributed by atoms with Crippen LogP contribution >= 0.6 is 0 Å². The molecule has 2 N–H and O–H groups in total. The molecular formula is C16H22N2O3. The summed E-state index contributed by atoms with van der Waals surface area (Å²) in [4.78, 5) is 25.2. The molecule has 21 heavy (non-hydrogen) atoms. The molecule has 1 aromatic rings. The molecule has 2 rings (SSSR count). The number of piperidine rings is 1. The molecule has 0 spiro atoms. The minimum atomic E-state index is -0.797. The average molecular weight is 290 g/mol. The van der Waals surface area contributed by atoms with E-state index in [0.717, 1.165) is 31.5 Å². The molecule has 1 amide bonds. The normalized spacial score (nSPS) is 18.1. The highest BCUT2D eigenvalue weighted by molar-refractivity contribution is 5.78. The van der Waals surface area contributed by atoms with E-state index in [0.29, 0.717) is 6.54 Å². The fourth-order valence-corrected chi connectivity index (χ4v) is 2.85. The Hall–Kier alpha value is -1.88. The lowest BCUT2D eigenvalue weighted by molar-refractivity contribution is -0.139. The fraction of sp³-hybridized carbons (Fsp3) is 0.500. The summed E-state index contributed by atoms with van der Waals surface area (Å²) in [6.07, 6.45) is 1.58. The van der Waals surface area contributed by atoms with Gasteiger partial charge in [0.25, 0.3) is 0 Å². The molecule has 114 valence electrons. The standard InChI is InChI=1S/C16H22N2O3/c1-17-15(19)13-7-9-18(10-8-13)11-14(16(20)21)12-5-3-2-4-6-12/h2-6,13-14H,7-11H2,1H3,(H,17,19)(H,20,21). The van der Waals surface area contributed by atoms with Gasteiger partial charge in [0.15, 0.2) is 0 Å². The van der Waals surface area contributed by atoms with Crippen LogP contribution in [0.1, 0.15) is 24.3 Å². The quantitative estimate of drug-likeness (QED) is 0.858. The van der Waals surface area contributed by atoms with Crippen LogP contribution in [-0.4, -0.2) is 48.6 Å². The number of carbonyl (C=O) groups is 2. The number of nitrogens with one attached hydrogen (secondary N) is 1. The number of hydrogen-bond acceptors (Lipinski definition) is 3. The van der Waals surface area contributed by atoms with E-state index < -0.39 is 11.9 Å². The van der Waals surface area contributed by atoms with Crippen LogP contribution in [0, 0.1) is 5.92 Å². The second-order valence-corrected chi connectivity index (χ2v) is 5.49. The maximum absolute atomic E-state index is 11.6. The van der Waals surface area contributed by atoms with Crippen molar-refractivity contribution in [1.82, 2.24) is 10.2 Å². The highest BCUT2D eigenvalue weighted by atomic mass is 16.4. The van der Waals surface area contributed by atoms with Crippen molar-refractivity contribution in [2.75, 3.05) is 26.7 Å². The molecule has 0 radical (unpaired) electrons. The number of benzene rings is 1. The van der Waals surface area contributed by atoms with Crippen LogP contribution in [0.2, 0.25) is 0 Å². The zero-order valence-corrected chi connectivity index (χ0v) is 12.3. The molecule has 0 aliphatic carbocycles. The second-order valence-electron chi connectivity index (χ2n) is 5.49. The van der Waals surface area contributed by atoms with Gasteiger partial charge in [-0.1, -0.05) is 30.3 Å². The van der Waals surface area contributed by atoms with Gasteiger partial charge in [-0.2, -0.15) is 0 Å². The van der Waals surface area contributed by atoms with Crippen molar-refractivity contribution in [3.8, 4) is 0 Å². The van der Waals surface area contributed by atoms with Crippen LogP contribution in [-0.2, 0) is 9.59 Å². The summed E-state index contributed by atoms with van der Waals surface area (Å²) < 4.78 is 0. The van der Waals surface area contributed by atoms with E-state index in [1.165, 1.54) is 0 Å². The number of carboxylic acids is 1. The van der Waals surface area contributed by atoms with E-state index in [-0.39, 0.29) is 11.8 Å². The third kappa shape index (κ3) is 4.04. The first kappa shape index (κ1) is 15.5. The minimum absolute atomic E-state index is 0.0613. The summed E-state index contributed by atoms with van der Waals surface area (Å²) in [6.45, 7) is 2.04. The summed E-state index contributed by atoms with van der Waals surface area (Å²) in [5.41, 5.74) is 0.832. The molecule has 5 heteroatoms. The van der Waals surface area contributed by atoms with Crippen LogP contribution < -0.4 is 5.32 Å². The molecule has 1 heterocycles. The monoisotopic (exact) mass is 290 g/mol. The second kappa shape index (κ2) is 7.22. The Morgan fingerprint density at radius 1 is 1.29 bits per heavy atom. The number of likely N-dealkylation sites (tertiary alicyclic amines) is 1. The summed E-state index contributed by atoms with van der Waals surface area (Å²) in [6, 6.07) is 9.33. The highest BCUT2D eigenvalue weighted by Crippen LogP contribution is 2.22. The lowest BCUT2D eigenvalue weighted by Gasteiger charge is -2.32. The third-order valence-electron chi connectivity index (χ3n) is 4.15. The van der Waals surface area contributed by atoms with E-state index in [1.807, 2.05) is 30.3 Å². The van der Waals surface area contributed by atoms with Gasteiger partial charge < -0.3 is 15.3 Å². The fourth-order valence-electron chi connectivity index (χ4n) is 2.85. The minimum Gasteiger partial charge on any atom is -0.481 e. The molecule has 1 aromatic carbocycles. The highest BCUT2D eigenvalue weighted by Gasteiger charge is 2.28. The van der Waals surface area contributed by atoms with E-state index in [4.69, 9.17) is 0 Å². The third-order valence-corrected chi connectivity index (χ3v) is 4.15. The topological polar surface area (TPSA) is 69.6 Å². The van der Waals surface area contributed by atoms with Crippen LogP contribution in [0.3, 0.4) is 0 Å². The van der Waals surface area contributed by atoms with Crippen molar-refractivity contribution >= 4 is 11.9 Å². The summed E-state index contributed by atoms with van der Waals surface area (Å²) >= 11 is 0. The predicted octanol–water partition coefficient (Wildman–Crippen LogP) is 1.31. The Labute approximate surface area is 125 Å². The molecule has 1 aliphatic rings. The van der Waals surface area contributed by atoms with Crippen molar-refractivity contribution in [2.45, 2.75) is 18.8 Å². The van der Waals surface area contributed by atoms with Crippen molar-refractivity contribution in [3.05, 3.63) is 35.9 Å². The van der Waals surface area contributed by atoms with E-state index in [9.17, 15) is 14.7 Å². The van der Waals surface area contributed by atoms with E-state index in [1.54, 1.807) is 7.05 Å². The molecule has 5 nitrogen and oxygen atoms in total. The lowest BCUT2D eigenvalue weighted by atomic mass is 9.93. The van der Waals surface area contributed by atoms with Crippen molar-refractivity contribution in [2.24, 2.45) is 5.92 Å². The lowest BCUT2D eigenvalue weighted by Crippen LogP contribution is -2.42. The van der Waals surface area contributed by atoms with Gasteiger partial charge in [-0.25, -0.2) is 0 Å². The van der Waals surface area contributed by atoms with Crippen molar-refractivity contribution < 1.29 is 14.7 Å². The zero-order valence-electron chi connectivity index (χ0n) is 12.3. The first-order valence-electron chi connectivity index (χ1n) is 7.33. The van der Waals surface area contributed by atoms with Gasteiger partial charge in [0.1, 0.15) is 0 Å². The van der Waals surface area contributed by atoms with Crippen LogP contribution in [0.4, 0.5) is 0 Å². The number of amides is 1. The maximum atomic E-state index is 11.6. The molecule has 0 aromatic heterocycles. The molecular weight excluding hydrogens is 268 g/mol. The predicted molar refractivity (Wildman–Crippen MR) is 80.0 cm³/mol. The Balaban J connectivity index is 1.94. The van der Waals surface area contributed by atoms with Gasteiger partial charge in [-0.05, 0) is 31.5 Å². The molecule has 1 atom stereocenters. The van der Waals surface area contributed by atoms with Crippen molar-refractivity contribution in [1.29, 1.82) is 0 Å². The van der Waals surface area contributed by atoms with E-state index >= 15 is 0 Å². The SMILES string of the molecule is CNC(=O)C1CCN(CC(C(=O)O)c2ccccc2)CC1. The molecule has 1 saturated heterocycles. The number of carboxylic acid groups (broad SMARTS) is 1. The summed E-state index contributed by atoms with van der Waals surface area (Å²) in [5.74, 6) is -1.16. The Morgan fingerprint density at radius 3 is 2.43 bits per heavy atom. The van der Waals surface area contributed by atoms with Crippen molar-refractivity contribution in [3.63, 3.8) is 0 Å². The number of nitrogens with zero attached hydrogens (tertiary/aromatic N) is 1. The van der Waals surface area contributed by atoms with Crippen LogP contribution in [0.25, 0.3) is 0 Å². The molecule has 0 bridgehead atoms. The largest absolute Gasteiger partial charge is 0.481 e. The van der Waals surface area contributed by atoms with Crippen LogP contribution in [0.5, 0.6) is 0 Å². The molecule has 1 fully saturated rings. The first-order valence-corrected chi connectivity index (χ1v) is 7.33.